The Morgan fingerprint density at radius 3 is 2.78 bits per heavy atom. The Bertz CT molecular complexity index is 533. The third-order valence-electron chi connectivity index (χ3n) is 3.32. The van der Waals surface area contributed by atoms with E-state index in [1.54, 1.807) is 0 Å². The molecule has 2 N–H and O–H groups in total. The summed E-state index contributed by atoms with van der Waals surface area (Å²) in [5.74, 6) is -0.767. The first kappa shape index (κ1) is 12.6. The Kier molecular flexibility index (Phi) is 3.67. The van der Waals surface area contributed by atoms with Crippen molar-refractivity contribution in [1.29, 1.82) is 0 Å². The van der Waals surface area contributed by atoms with Gasteiger partial charge in [0.25, 0.3) is 0 Å². The normalized spacial score (nSPS) is 11.0. The molecular weight excluding hydrogens is 228 g/mol. The van der Waals surface area contributed by atoms with Gasteiger partial charge in [-0.2, -0.15) is 0 Å². The molecule has 2 aromatic rings. The number of nitrogens with zero attached hydrogens (tertiary/aromatic N) is 1. The number of aryl methyl sites for hydroxylation is 2. The molecule has 0 aliphatic rings. The van der Waals surface area contributed by atoms with Crippen molar-refractivity contribution in [2.45, 2.75) is 19.9 Å². The Morgan fingerprint density at radius 2 is 2.11 bits per heavy atom. The van der Waals surface area contributed by atoms with Crippen molar-refractivity contribution < 1.29 is 9.90 Å². The lowest BCUT2D eigenvalue weighted by molar-refractivity contribution is -0.136. The van der Waals surface area contributed by atoms with Crippen LogP contribution in [0.1, 0.15) is 17.7 Å². The van der Waals surface area contributed by atoms with Crippen LogP contribution >= 0.6 is 0 Å². The van der Waals surface area contributed by atoms with Gasteiger partial charge in [-0.1, -0.05) is 18.2 Å². The summed E-state index contributed by atoms with van der Waals surface area (Å²) in [7, 11) is 2.05. The van der Waals surface area contributed by atoms with Gasteiger partial charge < -0.3 is 15.0 Å². The Labute approximate surface area is 106 Å². The molecule has 0 amide bonds. The molecule has 0 spiro atoms. The Morgan fingerprint density at radius 1 is 1.39 bits per heavy atom. The van der Waals surface area contributed by atoms with Gasteiger partial charge in [-0.15, -0.1) is 0 Å². The van der Waals surface area contributed by atoms with Crippen molar-refractivity contribution in [1.82, 2.24) is 9.88 Å². The molecule has 0 saturated heterocycles. The molecule has 2 rings (SSSR count). The zero-order valence-corrected chi connectivity index (χ0v) is 10.7. The maximum atomic E-state index is 10.4. The topological polar surface area (TPSA) is 54.3 Å². The molecule has 0 atom stereocenters. The second-order valence-electron chi connectivity index (χ2n) is 4.47. The number of nitrogens with one attached hydrogen (secondary N) is 1. The fraction of sp³-hybridized carbons (Fsp3) is 0.357. The average molecular weight is 246 g/mol. The summed E-state index contributed by atoms with van der Waals surface area (Å²) >= 11 is 0. The van der Waals surface area contributed by atoms with E-state index in [-0.39, 0.29) is 6.42 Å². The summed E-state index contributed by atoms with van der Waals surface area (Å²) in [5.41, 5.74) is 3.68. The minimum absolute atomic E-state index is 0.156. The van der Waals surface area contributed by atoms with Gasteiger partial charge >= 0.3 is 5.97 Å². The minimum atomic E-state index is -0.767. The van der Waals surface area contributed by atoms with Crippen LogP contribution in [-0.4, -0.2) is 22.2 Å². The van der Waals surface area contributed by atoms with Gasteiger partial charge in [-0.05, 0) is 18.6 Å². The van der Waals surface area contributed by atoms with Gasteiger partial charge in [0.05, 0.1) is 6.42 Å². The first-order valence-electron chi connectivity index (χ1n) is 6.06. The molecule has 1 heterocycles. The number of carboxylic acid groups (broad SMARTS) is 1. The van der Waals surface area contributed by atoms with Gasteiger partial charge in [0.1, 0.15) is 0 Å². The zero-order chi connectivity index (χ0) is 13.1. The lowest BCUT2D eigenvalue weighted by atomic mass is 10.1. The van der Waals surface area contributed by atoms with E-state index in [1.807, 2.05) is 19.2 Å². The van der Waals surface area contributed by atoms with Gasteiger partial charge in [0.15, 0.2) is 0 Å². The fourth-order valence-electron chi connectivity index (χ4n) is 2.29. The highest BCUT2D eigenvalue weighted by Crippen LogP contribution is 2.24. The van der Waals surface area contributed by atoms with Crippen molar-refractivity contribution >= 4 is 16.9 Å². The smallest absolute Gasteiger partial charge is 0.304 e. The van der Waals surface area contributed by atoms with Gasteiger partial charge in [0, 0.05) is 36.7 Å². The number of hydrogen-bond acceptors (Lipinski definition) is 2. The summed E-state index contributed by atoms with van der Waals surface area (Å²) in [5, 5.41) is 13.0. The maximum absolute atomic E-state index is 10.4. The number of carboxylic acids is 1. The van der Waals surface area contributed by atoms with E-state index in [0.717, 1.165) is 0 Å². The SMILES string of the molecule is Cc1c(CNCCC(=O)O)n(C)c2ccccc12. The van der Waals surface area contributed by atoms with Crippen LogP contribution in [0.5, 0.6) is 0 Å². The van der Waals surface area contributed by atoms with Crippen LogP contribution in [0.3, 0.4) is 0 Å². The van der Waals surface area contributed by atoms with Crippen LogP contribution in [-0.2, 0) is 18.4 Å². The van der Waals surface area contributed by atoms with Crippen LogP contribution < -0.4 is 5.32 Å². The monoisotopic (exact) mass is 246 g/mol. The van der Waals surface area contributed by atoms with Crippen molar-refractivity contribution in [3.05, 3.63) is 35.5 Å². The molecule has 18 heavy (non-hydrogen) atoms. The second kappa shape index (κ2) is 5.23. The predicted molar refractivity (Wildman–Crippen MR) is 71.6 cm³/mol. The number of aromatic nitrogens is 1. The number of rotatable bonds is 5. The molecule has 4 heteroatoms. The molecule has 0 fully saturated rings. The fourth-order valence-corrected chi connectivity index (χ4v) is 2.29. The highest BCUT2D eigenvalue weighted by molar-refractivity contribution is 5.85. The van der Waals surface area contributed by atoms with Crippen molar-refractivity contribution in [3.8, 4) is 0 Å². The standard InChI is InChI=1S/C14H18N2O2/c1-10-11-5-3-4-6-12(11)16(2)13(10)9-15-8-7-14(17)18/h3-6,15H,7-9H2,1-2H3,(H,17,18). The molecule has 0 radical (unpaired) electrons. The number of benzene rings is 1. The summed E-state index contributed by atoms with van der Waals surface area (Å²) in [6.45, 7) is 3.30. The number of fused-ring (bicyclic) bond motifs is 1. The molecule has 0 bridgehead atoms. The molecule has 96 valence electrons. The molecule has 0 aliphatic carbocycles. The van der Waals surface area contributed by atoms with E-state index in [9.17, 15) is 4.79 Å². The van der Waals surface area contributed by atoms with E-state index < -0.39 is 5.97 Å². The second-order valence-corrected chi connectivity index (χ2v) is 4.47. The van der Waals surface area contributed by atoms with Crippen LogP contribution in [0.2, 0.25) is 0 Å². The van der Waals surface area contributed by atoms with Crippen molar-refractivity contribution in [2.24, 2.45) is 7.05 Å². The summed E-state index contributed by atoms with van der Waals surface area (Å²) in [4.78, 5) is 10.4. The average Bonchev–Trinajstić information content (AvgIpc) is 2.59. The van der Waals surface area contributed by atoms with Crippen molar-refractivity contribution in [2.75, 3.05) is 6.54 Å². The first-order chi connectivity index (χ1) is 8.61. The van der Waals surface area contributed by atoms with E-state index in [1.165, 1.54) is 22.2 Å². The van der Waals surface area contributed by atoms with E-state index in [0.29, 0.717) is 13.1 Å². The number of aliphatic carboxylic acids is 1. The van der Waals surface area contributed by atoms with Crippen LogP contribution in [0.4, 0.5) is 0 Å². The molecule has 1 aromatic carbocycles. The summed E-state index contributed by atoms with van der Waals surface area (Å²) in [6, 6.07) is 8.29. The lowest BCUT2D eigenvalue weighted by Gasteiger charge is -2.07. The maximum Gasteiger partial charge on any atom is 0.304 e. The molecule has 0 saturated carbocycles. The van der Waals surface area contributed by atoms with Crippen molar-refractivity contribution in [3.63, 3.8) is 0 Å². The molecule has 0 unspecified atom stereocenters. The predicted octanol–water partition coefficient (Wildman–Crippen LogP) is 2.05. The summed E-state index contributed by atoms with van der Waals surface area (Å²) in [6.07, 6.45) is 0.156. The minimum Gasteiger partial charge on any atom is -0.481 e. The van der Waals surface area contributed by atoms with Gasteiger partial charge in [-0.3, -0.25) is 4.79 Å². The van der Waals surface area contributed by atoms with E-state index in [2.05, 4.69) is 28.9 Å². The number of carbonyl (C=O) groups is 1. The highest BCUT2D eigenvalue weighted by Gasteiger charge is 2.10. The quantitative estimate of drug-likeness (QED) is 0.794. The lowest BCUT2D eigenvalue weighted by Crippen LogP contribution is -2.19. The number of para-hydroxylation sites is 1. The third-order valence-corrected chi connectivity index (χ3v) is 3.32. The van der Waals surface area contributed by atoms with E-state index in [4.69, 9.17) is 5.11 Å². The third kappa shape index (κ3) is 2.38. The van der Waals surface area contributed by atoms with Crippen LogP contribution in [0.25, 0.3) is 10.9 Å². The molecular formula is C14H18N2O2. The Balaban J connectivity index is 2.15. The molecule has 4 nitrogen and oxygen atoms in total. The Hall–Kier alpha value is -1.81. The molecule has 0 aliphatic heterocycles. The number of hydrogen-bond donors (Lipinski definition) is 2. The van der Waals surface area contributed by atoms with Gasteiger partial charge in [-0.25, -0.2) is 0 Å². The zero-order valence-electron chi connectivity index (χ0n) is 10.7. The summed E-state index contributed by atoms with van der Waals surface area (Å²) < 4.78 is 2.17. The van der Waals surface area contributed by atoms with Crippen LogP contribution in [0.15, 0.2) is 24.3 Å². The van der Waals surface area contributed by atoms with E-state index >= 15 is 0 Å². The largest absolute Gasteiger partial charge is 0.481 e. The van der Waals surface area contributed by atoms with Crippen LogP contribution in [0, 0.1) is 6.92 Å². The highest BCUT2D eigenvalue weighted by atomic mass is 16.4. The first-order valence-corrected chi connectivity index (χ1v) is 6.06. The molecule has 1 aromatic heterocycles. The van der Waals surface area contributed by atoms with Gasteiger partial charge in [0.2, 0.25) is 0 Å².